The summed E-state index contributed by atoms with van der Waals surface area (Å²) < 4.78 is 0. The molecule has 0 aromatic carbocycles. The zero-order valence-corrected chi connectivity index (χ0v) is 12.6. The molecule has 0 bridgehead atoms. The Kier molecular flexibility index (Phi) is 7.87. The molecule has 0 aromatic heterocycles. The first-order valence-corrected chi connectivity index (χ1v) is 7.87. The Bertz CT molecular complexity index is 196. The lowest BCUT2D eigenvalue weighted by atomic mass is 9.79. The van der Waals surface area contributed by atoms with Crippen molar-refractivity contribution in [3.05, 3.63) is 0 Å². The van der Waals surface area contributed by atoms with Crippen LogP contribution in [-0.4, -0.2) is 43.7 Å². The van der Waals surface area contributed by atoms with E-state index in [1.54, 1.807) is 0 Å². The van der Waals surface area contributed by atoms with Gasteiger partial charge >= 0.3 is 0 Å². The van der Waals surface area contributed by atoms with Crippen LogP contribution in [0.2, 0.25) is 0 Å². The van der Waals surface area contributed by atoms with E-state index in [2.05, 4.69) is 31.0 Å². The molecule has 3 nitrogen and oxygen atoms in total. The maximum Gasteiger partial charge on any atom is 0.0219 e. The summed E-state index contributed by atoms with van der Waals surface area (Å²) in [5.41, 5.74) is 5.94. The van der Waals surface area contributed by atoms with Gasteiger partial charge in [-0.25, -0.2) is 0 Å². The van der Waals surface area contributed by atoms with Gasteiger partial charge in [-0.05, 0) is 37.8 Å². The fourth-order valence-corrected chi connectivity index (χ4v) is 3.08. The Hall–Kier alpha value is -0.120. The molecular weight excluding hydrogens is 222 g/mol. The van der Waals surface area contributed by atoms with Crippen LogP contribution in [0.15, 0.2) is 0 Å². The molecule has 0 aliphatic heterocycles. The lowest BCUT2D eigenvalue weighted by molar-refractivity contribution is 0.223. The van der Waals surface area contributed by atoms with E-state index in [0.29, 0.717) is 6.04 Å². The second kappa shape index (κ2) is 8.89. The van der Waals surface area contributed by atoms with E-state index in [1.807, 2.05) is 0 Å². The molecule has 0 heterocycles. The van der Waals surface area contributed by atoms with Crippen molar-refractivity contribution >= 4 is 0 Å². The van der Waals surface area contributed by atoms with Crippen molar-refractivity contribution in [1.82, 2.24) is 10.2 Å². The Balaban J connectivity index is 2.24. The molecule has 1 rings (SSSR count). The third kappa shape index (κ3) is 5.25. The number of nitrogens with one attached hydrogen (secondary N) is 1. The van der Waals surface area contributed by atoms with E-state index in [0.717, 1.165) is 44.6 Å². The van der Waals surface area contributed by atoms with Gasteiger partial charge in [0, 0.05) is 25.7 Å². The average Bonchev–Trinajstić information content (AvgIpc) is 2.41. The Labute approximate surface area is 113 Å². The second-order valence-corrected chi connectivity index (χ2v) is 5.84. The predicted octanol–water partition coefficient (Wildman–Crippen LogP) is 2.07. The topological polar surface area (TPSA) is 41.3 Å². The van der Waals surface area contributed by atoms with Crippen molar-refractivity contribution in [3.63, 3.8) is 0 Å². The molecule has 1 aliphatic rings. The molecular formula is C15H33N3. The van der Waals surface area contributed by atoms with Crippen molar-refractivity contribution in [2.45, 2.75) is 52.5 Å². The number of likely N-dealkylation sites (N-methyl/N-ethyl adjacent to an activating group) is 1. The number of rotatable bonds is 8. The van der Waals surface area contributed by atoms with Crippen molar-refractivity contribution in [1.29, 1.82) is 0 Å². The number of nitrogens with zero attached hydrogens (tertiary/aromatic N) is 1. The Morgan fingerprint density at radius 3 is 2.28 bits per heavy atom. The Morgan fingerprint density at radius 2 is 1.78 bits per heavy atom. The highest BCUT2D eigenvalue weighted by Gasteiger charge is 2.24. The lowest BCUT2D eigenvalue weighted by Crippen LogP contribution is -2.46. The maximum atomic E-state index is 5.94. The number of hydrogen-bond donors (Lipinski definition) is 2. The minimum atomic E-state index is 0.535. The molecule has 1 aliphatic carbocycles. The standard InChI is InChI=1S/C15H33N3/c1-4-18(5-2)11-10-17-15(12-16)14-8-6-13(3)7-9-14/h13-15,17H,4-12,16H2,1-3H3. The zero-order valence-electron chi connectivity index (χ0n) is 12.6. The minimum absolute atomic E-state index is 0.535. The van der Waals surface area contributed by atoms with Crippen LogP contribution in [0.1, 0.15) is 46.5 Å². The van der Waals surface area contributed by atoms with Crippen LogP contribution in [0.5, 0.6) is 0 Å². The first-order valence-electron chi connectivity index (χ1n) is 7.87. The van der Waals surface area contributed by atoms with Crippen LogP contribution >= 0.6 is 0 Å². The lowest BCUT2D eigenvalue weighted by Gasteiger charge is -2.33. The fraction of sp³-hybridized carbons (Fsp3) is 1.00. The molecule has 3 heteroatoms. The van der Waals surface area contributed by atoms with Crippen LogP contribution in [-0.2, 0) is 0 Å². The largest absolute Gasteiger partial charge is 0.329 e. The van der Waals surface area contributed by atoms with Gasteiger partial charge < -0.3 is 16.0 Å². The Morgan fingerprint density at radius 1 is 1.17 bits per heavy atom. The van der Waals surface area contributed by atoms with Crippen LogP contribution in [0.25, 0.3) is 0 Å². The number of hydrogen-bond acceptors (Lipinski definition) is 3. The monoisotopic (exact) mass is 255 g/mol. The minimum Gasteiger partial charge on any atom is -0.329 e. The summed E-state index contributed by atoms with van der Waals surface area (Å²) >= 11 is 0. The molecule has 0 saturated heterocycles. The molecule has 18 heavy (non-hydrogen) atoms. The van der Waals surface area contributed by atoms with Crippen molar-refractivity contribution in [2.75, 3.05) is 32.7 Å². The van der Waals surface area contributed by atoms with Crippen LogP contribution in [0.4, 0.5) is 0 Å². The molecule has 0 amide bonds. The third-order valence-electron chi connectivity index (χ3n) is 4.61. The van der Waals surface area contributed by atoms with Gasteiger partial charge in [-0.2, -0.15) is 0 Å². The molecule has 1 saturated carbocycles. The van der Waals surface area contributed by atoms with Gasteiger partial charge in [0.1, 0.15) is 0 Å². The molecule has 108 valence electrons. The predicted molar refractivity (Wildman–Crippen MR) is 79.8 cm³/mol. The highest BCUT2D eigenvalue weighted by molar-refractivity contribution is 4.82. The van der Waals surface area contributed by atoms with Crippen LogP contribution in [0, 0.1) is 11.8 Å². The van der Waals surface area contributed by atoms with E-state index < -0.39 is 0 Å². The maximum absolute atomic E-state index is 5.94. The molecule has 0 aromatic rings. The van der Waals surface area contributed by atoms with Gasteiger partial charge in [0.2, 0.25) is 0 Å². The highest BCUT2D eigenvalue weighted by Crippen LogP contribution is 2.30. The smallest absolute Gasteiger partial charge is 0.0219 e. The average molecular weight is 255 g/mol. The summed E-state index contributed by atoms with van der Waals surface area (Å²) in [6, 6.07) is 0.535. The summed E-state index contributed by atoms with van der Waals surface area (Å²) in [5.74, 6) is 1.73. The molecule has 3 N–H and O–H groups in total. The SMILES string of the molecule is CCN(CC)CCNC(CN)C1CCC(C)CC1. The normalized spacial score (nSPS) is 26.5. The van der Waals surface area contributed by atoms with Crippen molar-refractivity contribution in [3.8, 4) is 0 Å². The van der Waals surface area contributed by atoms with E-state index in [4.69, 9.17) is 5.73 Å². The molecule has 0 radical (unpaired) electrons. The second-order valence-electron chi connectivity index (χ2n) is 5.84. The van der Waals surface area contributed by atoms with E-state index in [-0.39, 0.29) is 0 Å². The van der Waals surface area contributed by atoms with Gasteiger partial charge in [0.15, 0.2) is 0 Å². The van der Waals surface area contributed by atoms with Gasteiger partial charge in [-0.3, -0.25) is 0 Å². The van der Waals surface area contributed by atoms with Gasteiger partial charge in [-0.15, -0.1) is 0 Å². The zero-order chi connectivity index (χ0) is 13.4. The van der Waals surface area contributed by atoms with Gasteiger partial charge in [-0.1, -0.05) is 33.6 Å². The fourth-order valence-electron chi connectivity index (χ4n) is 3.08. The van der Waals surface area contributed by atoms with Crippen molar-refractivity contribution < 1.29 is 0 Å². The van der Waals surface area contributed by atoms with Crippen LogP contribution in [0.3, 0.4) is 0 Å². The van der Waals surface area contributed by atoms with Crippen LogP contribution < -0.4 is 11.1 Å². The molecule has 1 fully saturated rings. The summed E-state index contributed by atoms with van der Waals surface area (Å²) in [5, 5.41) is 3.69. The van der Waals surface area contributed by atoms with E-state index in [1.165, 1.54) is 25.7 Å². The highest BCUT2D eigenvalue weighted by atomic mass is 15.1. The summed E-state index contributed by atoms with van der Waals surface area (Å²) in [6.45, 7) is 12.1. The molecule has 0 spiro atoms. The summed E-state index contributed by atoms with van der Waals surface area (Å²) in [6.07, 6.45) is 5.50. The summed E-state index contributed by atoms with van der Waals surface area (Å²) in [4.78, 5) is 2.46. The van der Waals surface area contributed by atoms with Gasteiger partial charge in [0.05, 0.1) is 0 Å². The van der Waals surface area contributed by atoms with Crippen molar-refractivity contribution in [2.24, 2.45) is 17.6 Å². The number of nitrogens with two attached hydrogens (primary N) is 1. The van der Waals surface area contributed by atoms with E-state index >= 15 is 0 Å². The first-order chi connectivity index (χ1) is 8.71. The molecule has 1 atom stereocenters. The van der Waals surface area contributed by atoms with E-state index in [9.17, 15) is 0 Å². The third-order valence-corrected chi connectivity index (χ3v) is 4.61. The first kappa shape index (κ1) is 15.9. The van der Waals surface area contributed by atoms with Gasteiger partial charge in [0.25, 0.3) is 0 Å². The summed E-state index contributed by atoms with van der Waals surface area (Å²) in [7, 11) is 0. The molecule has 1 unspecified atom stereocenters. The quantitative estimate of drug-likeness (QED) is 0.698.